The van der Waals surface area contributed by atoms with Crippen LogP contribution in [0.4, 0.5) is 5.95 Å². The minimum absolute atomic E-state index is 0.588. The molecule has 0 bridgehead atoms. The maximum Gasteiger partial charge on any atom is 0.222 e. The van der Waals surface area contributed by atoms with Crippen LogP contribution >= 0.6 is 0 Å². The molecule has 3 aromatic rings. The van der Waals surface area contributed by atoms with Crippen LogP contribution in [-0.2, 0) is 0 Å². The molecule has 22 heavy (non-hydrogen) atoms. The molecule has 3 rings (SSSR count). The van der Waals surface area contributed by atoms with Crippen molar-refractivity contribution < 1.29 is 9.47 Å². The molecule has 2 aromatic carbocycles. The van der Waals surface area contributed by atoms with Crippen molar-refractivity contribution in [2.45, 2.75) is 0 Å². The number of aromatic amines is 1. The molecule has 0 aliphatic rings. The fourth-order valence-corrected chi connectivity index (χ4v) is 2.09. The summed E-state index contributed by atoms with van der Waals surface area (Å²) in [6.07, 6.45) is 1.67. The van der Waals surface area contributed by atoms with E-state index in [9.17, 15) is 0 Å². The zero-order valence-corrected chi connectivity index (χ0v) is 12.3. The number of ether oxygens (including phenoxy) is 2. The summed E-state index contributed by atoms with van der Waals surface area (Å²) in [7, 11) is 3.23. The van der Waals surface area contributed by atoms with Crippen LogP contribution in [0.25, 0.3) is 11.0 Å². The van der Waals surface area contributed by atoms with Gasteiger partial charge in [0.1, 0.15) is 11.5 Å². The largest absolute Gasteiger partial charge is 0.497 e. The summed E-state index contributed by atoms with van der Waals surface area (Å²) in [6.45, 7) is 0. The maximum atomic E-state index is 5.32. The Morgan fingerprint density at radius 1 is 1.14 bits per heavy atom. The van der Waals surface area contributed by atoms with E-state index >= 15 is 0 Å². The summed E-state index contributed by atoms with van der Waals surface area (Å²) in [4.78, 5) is 7.52. The molecule has 0 radical (unpaired) electrons. The Hall–Kier alpha value is -3.02. The topological polar surface area (TPSA) is 71.5 Å². The highest BCUT2D eigenvalue weighted by Gasteiger charge is 2.03. The number of anilines is 1. The average Bonchev–Trinajstić information content (AvgIpc) is 2.97. The van der Waals surface area contributed by atoms with Crippen molar-refractivity contribution in [2.24, 2.45) is 5.10 Å². The van der Waals surface area contributed by atoms with Gasteiger partial charge in [-0.15, -0.1) is 0 Å². The monoisotopic (exact) mass is 296 g/mol. The normalized spacial score (nSPS) is 11.0. The molecule has 1 heterocycles. The van der Waals surface area contributed by atoms with Gasteiger partial charge in [0.15, 0.2) is 0 Å². The van der Waals surface area contributed by atoms with Crippen molar-refractivity contribution in [3.8, 4) is 11.5 Å². The molecule has 0 saturated heterocycles. The van der Waals surface area contributed by atoms with Gasteiger partial charge in [-0.1, -0.05) is 12.1 Å². The van der Waals surface area contributed by atoms with Crippen molar-refractivity contribution in [1.29, 1.82) is 0 Å². The van der Waals surface area contributed by atoms with E-state index in [1.54, 1.807) is 20.4 Å². The van der Waals surface area contributed by atoms with E-state index in [4.69, 9.17) is 9.47 Å². The third-order valence-electron chi connectivity index (χ3n) is 3.20. The molecule has 2 N–H and O–H groups in total. The number of para-hydroxylation sites is 2. The van der Waals surface area contributed by atoms with Crippen LogP contribution < -0.4 is 14.9 Å². The van der Waals surface area contributed by atoms with E-state index in [2.05, 4.69) is 20.5 Å². The minimum atomic E-state index is 0.588. The van der Waals surface area contributed by atoms with Gasteiger partial charge in [0.25, 0.3) is 0 Å². The van der Waals surface area contributed by atoms with Crippen molar-refractivity contribution in [1.82, 2.24) is 9.97 Å². The molecule has 112 valence electrons. The number of hydrogen-bond acceptors (Lipinski definition) is 5. The number of nitrogens with zero attached hydrogens (tertiary/aromatic N) is 2. The van der Waals surface area contributed by atoms with Crippen LogP contribution in [0.1, 0.15) is 5.56 Å². The fraction of sp³-hybridized carbons (Fsp3) is 0.125. The van der Waals surface area contributed by atoms with Crippen molar-refractivity contribution >= 4 is 23.2 Å². The van der Waals surface area contributed by atoms with Gasteiger partial charge in [-0.25, -0.2) is 10.4 Å². The van der Waals surface area contributed by atoms with Crippen molar-refractivity contribution in [2.75, 3.05) is 19.6 Å². The Morgan fingerprint density at radius 2 is 2.00 bits per heavy atom. The number of H-pyrrole nitrogens is 1. The number of nitrogens with one attached hydrogen (secondary N) is 2. The molecule has 0 aliphatic heterocycles. The van der Waals surface area contributed by atoms with Crippen molar-refractivity contribution in [3.05, 3.63) is 48.0 Å². The van der Waals surface area contributed by atoms with Crippen molar-refractivity contribution in [3.63, 3.8) is 0 Å². The third-order valence-corrected chi connectivity index (χ3v) is 3.20. The zero-order valence-electron chi connectivity index (χ0n) is 12.3. The highest BCUT2D eigenvalue weighted by Crippen LogP contribution is 2.23. The second-order valence-corrected chi connectivity index (χ2v) is 4.58. The SMILES string of the molecule is COc1ccc(C=NNc2nc3ccccc3[nH]2)c(OC)c1. The lowest BCUT2D eigenvalue weighted by Gasteiger charge is -2.06. The molecule has 0 atom stereocenters. The Labute approximate surface area is 127 Å². The van der Waals surface area contributed by atoms with Gasteiger partial charge < -0.3 is 14.5 Å². The van der Waals surface area contributed by atoms with E-state index in [1.165, 1.54) is 0 Å². The predicted octanol–water partition coefficient (Wildman–Crippen LogP) is 3.03. The van der Waals surface area contributed by atoms with E-state index in [-0.39, 0.29) is 0 Å². The number of aromatic nitrogens is 2. The average molecular weight is 296 g/mol. The second-order valence-electron chi connectivity index (χ2n) is 4.58. The first-order chi connectivity index (χ1) is 10.8. The molecule has 0 aliphatic carbocycles. The molecule has 1 aromatic heterocycles. The standard InChI is InChI=1S/C16H16N4O2/c1-21-12-8-7-11(15(9-12)22-2)10-17-20-16-18-13-5-3-4-6-14(13)19-16/h3-10H,1-2H3,(H2,18,19,20). The molecule has 6 heteroatoms. The molecule has 0 amide bonds. The van der Waals surface area contributed by atoms with Gasteiger partial charge in [-0.05, 0) is 24.3 Å². The van der Waals surface area contributed by atoms with Crippen LogP contribution in [0.5, 0.6) is 11.5 Å². The Bertz CT molecular complexity index is 778. The number of hydrogen-bond donors (Lipinski definition) is 2. The van der Waals surface area contributed by atoms with Gasteiger partial charge in [0, 0.05) is 11.6 Å². The van der Waals surface area contributed by atoms with E-state index in [0.717, 1.165) is 22.3 Å². The minimum Gasteiger partial charge on any atom is -0.497 e. The zero-order chi connectivity index (χ0) is 15.4. The Morgan fingerprint density at radius 3 is 2.77 bits per heavy atom. The molecule has 0 fully saturated rings. The summed E-state index contributed by atoms with van der Waals surface area (Å²) in [5.41, 5.74) is 5.57. The van der Waals surface area contributed by atoms with Crippen LogP contribution in [-0.4, -0.2) is 30.4 Å². The first kappa shape index (κ1) is 13.9. The number of hydrazone groups is 1. The number of fused-ring (bicyclic) bond motifs is 1. The molecular formula is C16H16N4O2. The lowest BCUT2D eigenvalue weighted by Crippen LogP contribution is -1.95. The van der Waals surface area contributed by atoms with Crippen LogP contribution in [0.2, 0.25) is 0 Å². The number of methoxy groups -OCH3 is 2. The molecular weight excluding hydrogens is 280 g/mol. The third kappa shape index (κ3) is 2.85. The fourth-order valence-electron chi connectivity index (χ4n) is 2.09. The van der Waals surface area contributed by atoms with E-state index in [0.29, 0.717) is 11.7 Å². The van der Waals surface area contributed by atoms with Gasteiger partial charge in [0.2, 0.25) is 5.95 Å². The number of imidazole rings is 1. The smallest absolute Gasteiger partial charge is 0.222 e. The highest BCUT2D eigenvalue weighted by molar-refractivity contribution is 5.84. The number of rotatable bonds is 5. The number of benzene rings is 2. The molecule has 0 saturated carbocycles. The Kier molecular flexibility index (Phi) is 3.91. The van der Waals surface area contributed by atoms with Gasteiger partial charge >= 0.3 is 0 Å². The first-order valence-electron chi connectivity index (χ1n) is 6.76. The molecule has 0 spiro atoms. The summed E-state index contributed by atoms with van der Waals surface area (Å²) >= 11 is 0. The van der Waals surface area contributed by atoms with Crippen LogP contribution in [0.3, 0.4) is 0 Å². The maximum absolute atomic E-state index is 5.32. The second kappa shape index (κ2) is 6.17. The van der Waals surface area contributed by atoms with Gasteiger partial charge in [-0.3, -0.25) is 0 Å². The molecule has 0 unspecified atom stereocenters. The summed E-state index contributed by atoms with van der Waals surface area (Å²) in [5.74, 6) is 2.01. The van der Waals surface area contributed by atoms with E-state index in [1.807, 2.05) is 42.5 Å². The quantitative estimate of drug-likeness (QED) is 0.561. The highest BCUT2D eigenvalue weighted by atomic mass is 16.5. The summed E-state index contributed by atoms with van der Waals surface area (Å²) in [5, 5.41) is 4.18. The Balaban J connectivity index is 1.76. The first-order valence-corrected chi connectivity index (χ1v) is 6.76. The summed E-state index contributed by atoms with van der Waals surface area (Å²) in [6, 6.07) is 13.3. The lowest BCUT2D eigenvalue weighted by molar-refractivity contribution is 0.394. The summed E-state index contributed by atoms with van der Waals surface area (Å²) < 4.78 is 10.5. The van der Waals surface area contributed by atoms with Gasteiger partial charge in [-0.2, -0.15) is 5.10 Å². The van der Waals surface area contributed by atoms with Gasteiger partial charge in [0.05, 0.1) is 31.5 Å². The van der Waals surface area contributed by atoms with Crippen LogP contribution in [0, 0.1) is 0 Å². The van der Waals surface area contributed by atoms with Crippen LogP contribution in [0.15, 0.2) is 47.6 Å². The predicted molar refractivity (Wildman–Crippen MR) is 86.9 cm³/mol. The lowest BCUT2D eigenvalue weighted by atomic mass is 10.2. The van der Waals surface area contributed by atoms with E-state index < -0.39 is 0 Å². The molecule has 6 nitrogen and oxygen atoms in total.